The fourth-order valence-corrected chi connectivity index (χ4v) is 15.7. The monoisotopic (exact) mass is 1440 g/mol. The van der Waals surface area contributed by atoms with Gasteiger partial charge in [-0.15, -0.1) is 0 Å². The van der Waals surface area contributed by atoms with Crippen LogP contribution in [0.15, 0.2) is 0 Å². The fraction of sp³-hybridized carbons (Fsp3) is 0.974. The van der Waals surface area contributed by atoms with Gasteiger partial charge in [-0.05, 0) is 55.4 Å². The van der Waals surface area contributed by atoms with Crippen molar-refractivity contribution in [1.29, 1.82) is 0 Å². The highest BCUT2D eigenvalue weighted by atomic mass is 31.2. The second-order valence-electron chi connectivity index (χ2n) is 14.7. The number of carbonyl (C=O) groups excluding carboxylic acids is 1. The van der Waals surface area contributed by atoms with Gasteiger partial charge in [0.2, 0.25) is 5.91 Å². The lowest BCUT2D eigenvalue weighted by atomic mass is 10.6. The Balaban J connectivity index is 5.13. The highest BCUT2D eigenvalue weighted by molar-refractivity contribution is 7.50. The van der Waals surface area contributed by atoms with Gasteiger partial charge in [0.1, 0.15) is 13.3 Å². The van der Waals surface area contributed by atoms with Gasteiger partial charge in [0.05, 0.1) is 158 Å². The Hall–Kier alpha value is 0.367. The molecular weight excluding hydrogens is 1350 g/mol. The van der Waals surface area contributed by atoms with Gasteiger partial charge in [0.15, 0.2) is 0 Å². The van der Waals surface area contributed by atoms with E-state index >= 15 is 0 Å². The molecule has 0 heterocycles. The summed E-state index contributed by atoms with van der Waals surface area (Å²) in [4.78, 5) is 12.3. The highest BCUT2D eigenvalue weighted by Crippen LogP contribution is 2.56. The molecule has 0 aromatic rings. The minimum absolute atomic E-state index is 0.0133. The number of amides is 1. The van der Waals surface area contributed by atoms with Gasteiger partial charge >= 0.3 is 71.4 Å². The third-order valence-corrected chi connectivity index (χ3v) is 23.7. The molecule has 39 nitrogen and oxygen atoms in total. The molecule has 0 aliphatic rings. The van der Waals surface area contributed by atoms with Crippen molar-refractivity contribution in [3.63, 3.8) is 0 Å². The Kier molecular flexibility index (Phi) is 48.3. The summed E-state index contributed by atoms with van der Waals surface area (Å²) in [6.45, 7) is 2.12. The number of rotatable bonds is 63. The van der Waals surface area contributed by atoms with Gasteiger partial charge in [0.25, 0.3) is 0 Å². The van der Waals surface area contributed by atoms with Crippen molar-refractivity contribution >= 4 is 77.3 Å². The topological polar surface area (TPSA) is 453 Å². The van der Waals surface area contributed by atoms with Crippen molar-refractivity contribution in [1.82, 2.24) is 10.6 Å². The molecule has 0 saturated heterocycles. The molecule has 86 heavy (non-hydrogen) atoms. The van der Waals surface area contributed by atoms with Crippen LogP contribution < -0.4 is 16.4 Å². The van der Waals surface area contributed by atoms with Crippen LogP contribution in [0.1, 0.15) is 55.4 Å². The number of nitrogens with two attached hydrogens (primary N) is 1. The van der Waals surface area contributed by atoms with Crippen LogP contribution in [0.4, 0.5) is 0 Å². The minimum atomic E-state index is -4.39. The summed E-state index contributed by atoms with van der Waals surface area (Å²) in [6.07, 6.45) is 0.167. The maximum atomic E-state index is 13.3. The average molecular weight is 1440 g/mol. The number of hydrogen-bond acceptors (Lipinski definition) is 38. The van der Waals surface area contributed by atoms with Crippen LogP contribution in [0.3, 0.4) is 0 Å². The van der Waals surface area contributed by atoms with Crippen molar-refractivity contribution in [3.8, 4) is 0 Å². The van der Waals surface area contributed by atoms with E-state index in [4.69, 9.17) is 128 Å². The smallest absolute Gasteiger partial charge is 0.376 e. The zero-order valence-corrected chi connectivity index (χ0v) is 58.4. The lowest BCUT2D eigenvalue weighted by Gasteiger charge is -2.24. The number of phosphoric ester groups is 8. The van der Waals surface area contributed by atoms with Crippen LogP contribution in [-0.2, 0) is 163 Å². The van der Waals surface area contributed by atoms with Crippen LogP contribution >= 0.6 is 62.6 Å². The molecule has 4 N–H and O–H groups in total. The molecule has 8 atom stereocenters. The number of carbonyl (C=O) groups is 1. The van der Waals surface area contributed by atoms with E-state index in [-0.39, 0.29) is 65.7 Å². The minimum Gasteiger partial charge on any atom is -0.376 e. The Bertz CT molecular complexity index is 2180. The molecule has 0 aromatic carbocycles. The van der Waals surface area contributed by atoms with E-state index < -0.39 is 183 Å². The molecule has 0 aliphatic heterocycles. The molecule has 516 valence electrons. The van der Waals surface area contributed by atoms with Crippen LogP contribution in [-0.4, -0.2) is 208 Å². The van der Waals surface area contributed by atoms with Crippen LogP contribution in [0.5, 0.6) is 0 Å². The van der Waals surface area contributed by atoms with E-state index in [2.05, 4.69) is 10.6 Å². The first-order valence-electron chi connectivity index (χ1n) is 26.4. The van der Waals surface area contributed by atoms with Gasteiger partial charge < -0.3 is 24.3 Å². The van der Waals surface area contributed by atoms with E-state index in [1.54, 1.807) is 6.92 Å². The molecule has 0 saturated carbocycles. The van der Waals surface area contributed by atoms with E-state index in [0.29, 0.717) is 0 Å². The Morgan fingerprint density at radius 2 is 0.500 bits per heavy atom. The predicted molar refractivity (Wildman–Crippen MR) is 301 cm³/mol. The van der Waals surface area contributed by atoms with Crippen molar-refractivity contribution in [2.75, 3.05) is 193 Å². The predicted octanol–water partition coefficient (Wildman–Crippen LogP) is 7.41. The normalized spacial score (nSPS) is 18.0. The van der Waals surface area contributed by atoms with Crippen LogP contribution in [0.2, 0.25) is 0 Å². The van der Waals surface area contributed by atoms with Crippen LogP contribution in [0.25, 0.3) is 0 Å². The molecule has 0 aliphatic carbocycles. The number of phosphoric acid groups is 8. The number of hydrogen-bond donors (Lipinski definition) is 3. The van der Waals surface area contributed by atoms with E-state index in [9.17, 15) is 41.3 Å². The van der Waals surface area contributed by atoms with E-state index in [1.807, 2.05) is 0 Å². The second-order valence-corrected chi connectivity index (χ2v) is 30.9. The molecule has 0 aromatic heterocycles. The third-order valence-electron chi connectivity index (χ3n) is 8.64. The summed E-state index contributed by atoms with van der Waals surface area (Å²) in [5.41, 5.74) is 5.25. The van der Waals surface area contributed by atoms with Gasteiger partial charge in [-0.1, -0.05) is 0 Å². The largest absolute Gasteiger partial charge is 0.514 e. The number of nitrogens with one attached hydrogen (secondary N) is 2. The molecule has 1 amide bonds. The first kappa shape index (κ1) is 86.4. The fourth-order valence-electron chi connectivity index (χ4n) is 5.37. The molecule has 48 heteroatoms. The van der Waals surface area contributed by atoms with E-state index in [1.165, 1.54) is 69.8 Å². The molecule has 0 radical (unpaired) electrons. The van der Waals surface area contributed by atoms with Crippen molar-refractivity contribution in [2.24, 2.45) is 5.73 Å². The second kappa shape index (κ2) is 48.1. The van der Waals surface area contributed by atoms with Gasteiger partial charge in [-0.2, -0.15) is 0 Å². The van der Waals surface area contributed by atoms with Crippen LogP contribution in [0, 0.1) is 0 Å². The average Bonchev–Trinajstić information content (AvgIpc) is 3.68. The summed E-state index contributed by atoms with van der Waals surface area (Å²) in [5.74, 6) is -0.686. The zero-order chi connectivity index (χ0) is 65.0. The molecule has 0 rings (SSSR count). The highest BCUT2D eigenvalue weighted by Gasteiger charge is 2.38. The molecule has 8 unspecified atom stereocenters. The first-order chi connectivity index (χ1) is 40.8. The first-order valence-corrected chi connectivity index (χ1v) is 40.0. The lowest BCUT2D eigenvalue weighted by molar-refractivity contribution is -0.123. The zero-order valence-electron chi connectivity index (χ0n) is 50.2. The third kappa shape index (κ3) is 39.2. The maximum absolute atomic E-state index is 13.3. The molecular formula is C38H89N3O36P8Si. The van der Waals surface area contributed by atoms with Crippen molar-refractivity contribution < 1.29 is 163 Å². The summed E-state index contributed by atoms with van der Waals surface area (Å²) in [5, 5.41) is 5.37. The van der Waals surface area contributed by atoms with Gasteiger partial charge in [-0.3, -0.25) is 119 Å². The van der Waals surface area contributed by atoms with Gasteiger partial charge in [-0.25, -0.2) is 36.5 Å². The summed E-state index contributed by atoms with van der Waals surface area (Å²) in [7, 11) is -33.1. The summed E-state index contributed by atoms with van der Waals surface area (Å²) >= 11 is 0. The van der Waals surface area contributed by atoms with Gasteiger partial charge in [0, 0.05) is 21.3 Å². The summed E-state index contributed by atoms with van der Waals surface area (Å²) < 4.78 is 245. The van der Waals surface area contributed by atoms with E-state index in [0.717, 1.165) is 0 Å². The molecule has 0 fully saturated rings. The van der Waals surface area contributed by atoms with Crippen molar-refractivity contribution in [3.05, 3.63) is 0 Å². The Labute approximate surface area is 503 Å². The standard InChI is InChI=1S/C38H89N3O36P8Si/c1-12-54-78(43,62-20-21-63-79(44,55-13-2)65-23-25-67-81(46,57-15-4)69-27-29-71-83(48,59-17-6)73-31-33-75-85(50,61-19-8)77-35-39)64-22-24-66-80(45,56-14-3)68-26-28-70-82(47,58-16-5)72-30-32-74-84(49,60-18-7)76-34-38(42)41-36-40-37-86(51-9,52-10)53-11/h40H,12-37,39H2,1-11H3,(H,41,42). The quantitative estimate of drug-likeness (QED) is 0.0231. The van der Waals surface area contributed by atoms with Crippen molar-refractivity contribution in [2.45, 2.75) is 55.4 Å². The Morgan fingerprint density at radius 1 is 0.314 bits per heavy atom. The molecule has 0 spiro atoms. The molecule has 0 bridgehead atoms. The SMILES string of the molecule is CCOP(=O)(OCN)OCCOP(=O)(OCC)OCCOP(=O)(OCC)OCCOP(=O)(OCC)OCCOP(=O)(OCC)OCCOP(=O)(OCC)OCCOP(=O)(OCC)OCCOP(=O)(OCC)OCC(=O)NCNC[Si](OC)(OC)OC. The Morgan fingerprint density at radius 3 is 0.674 bits per heavy atom. The lowest BCUT2D eigenvalue weighted by Crippen LogP contribution is -2.54. The maximum Gasteiger partial charge on any atom is 0.514 e. The summed E-state index contributed by atoms with van der Waals surface area (Å²) in [6, 6.07) is 0.